The summed E-state index contributed by atoms with van der Waals surface area (Å²) in [7, 11) is 1.72. The number of aromatic nitrogens is 1. The molecule has 0 fully saturated rings. The number of aryl methyl sites for hydroxylation is 2. The topological polar surface area (TPSA) is 42.4 Å². The number of rotatable bonds is 4. The van der Waals surface area contributed by atoms with Crippen LogP contribution in [0.1, 0.15) is 40.9 Å². The van der Waals surface area contributed by atoms with Crippen molar-refractivity contribution in [1.82, 2.24) is 4.98 Å². The number of aliphatic hydroxyl groups excluding tert-OH is 1. The summed E-state index contributed by atoms with van der Waals surface area (Å²) in [6.45, 7) is 0.785. The molecule has 0 bridgehead atoms. The number of methoxy groups -OCH3 is 1. The predicted octanol–water partition coefficient (Wildman–Crippen LogP) is 2.09. The van der Waals surface area contributed by atoms with Crippen LogP contribution in [0.5, 0.6) is 0 Å². The zero-order valence-electron chi connectivity index (χ0n) is 9.03. The van der Waals surface area contributed by atoms with Gasteiger partial charge in [-0.1, -0.05) is 0 Å². The minimum absolute atomic E-state index is 0.262. The number of aliphatic hydroxyl groups is 1. The van der Waals surface area contributed by atoms with Crippen LogP contribution in [0.3, 0.4) is 0 Å². The predicted molar refractivity (Wildman–Crippen MR) is 60.2 cm³/mol. The van der Waals surface area contributed by atoms with Crippen LogP contribution in [0, 0.1) is 0 Å². The van der Waals surface area contributed by atoms with Gasteiger partial charge in [0.2, 0.25) is 0 Å². The molecule has 1 N–H and O–H groups in total. The monoisotopic (exact) mass is 227 g/mol. The zero-order valence-corrected chi connectivity index (χ0v) is 9.85. The van der Waals surface area contributed by atoms with Crippen molar-refractivity contribution >= 4 is 11.3 Å². The van der Waals surface area contributed by atoms with Gasteiger partial charge in [-0.3, -0.25) is 0 Å². The van der Waals surface area contributed by atoms with Gasteiger partial charge in [0.05, 0.1) is 21.7 Å². The van der Waals surface area contributed by atoms with Crippen LogP contribution in [-0.4, -0.2) is 23.8 Å². The number of fused-ring (bicyclic) bond motifs is 1. The van der Waals surface area contributed by atoms with E-state index in [1.54, 1.807) is 18.4 Å². The van der Waals surface area contributed by atoms with E-state index in [2.05, 4.69) is 4.98 Å². The lowest BCUT2D eigenvalue weighted by Crippen LogP contribution is -2.06. The van der Waals surface area contributed by atoms with E-state index in [4.69, 9.17) is 4.74 Å². The van der Waals surface area contributed by atoms with Crippen molar-refractivity contribution in [2.45, 2.75) is 38.2 Å². The van der Waals surface area contributed by atoms with Crippen LogP contribution < -0.4 is 0 Å². The Bertz CT molecular complexity index is 324. The lowest BCUT2D eigenvalue weighted by molar-refractivity contribution is 0.160. The van der Waals surface area contributed by atoms with Crippen molar-refractivity contribution < 1.29 is 9.84 Å². The van der Waals surface area contributed by atoms with E-state index in [1.165, 1.54) is 0 Å². The van der Waals surface area contributed by atoms with Gasteiger partial charge in [0, 0.05) is 20.1 Å². The number of hydrogen-bond acceptors (Lipinski definition) is 4. The Kier molecular flexibility index (Phi) is 3.72. The van der Waals surface area contributed by atoms with Crippen molar-refractivity contribution in [1.29, 1.82) is 0 Å². The van der Waals surface area contributed by atoms with E-state index < -0.39 is 0 Å². The summed E-state index contributed by atoms with van der Waals surface area (Å²) in [6.07, 6.45) is 4.72. The molecular weight excluding hydrogens is 210 g/mol. The third-order valence-corrected chi connectivity index (χ3v) is 3.96. The number of hydrogen-bond donors (Lipinski definition) is 1. The second-order valence-corrected chi connectivity index (χ2v) is 5.04. The van der Waals surface area contributed by atoms with Gasteiger partial charge in [-0.15, -0.1) is 11.3 Å². The van der Waals surface area contributed by atoms with Gasteiger partial charge in [-0.25, -0.2) is 4.98 Å². The van der Waals surface area contributed by atoms with E-state index >= 15 is 0 Å². The molecule has 1 unspecified atom stereocenters. The minimum Gasteiger partial charge on any atom is -0.388 e. The summed E-state index contributed by atoms with van der Waals surface area (Å²) in [4.78, 5) is 5.68. The molecule has 0 saturated heterocycles. The van der Waals surface area contributed by atoms with E-state index in [1.807, 2.05) is 0 Å². The Hall–Kier alpha value is -0.450. The molecule has 1 aliphatic rings. The third kappa shape index (κ3) is 2.56. The van der Waals surface area contributed by atoms with Gasteiger partial charge in [0.15, 0.2) is 0 Å². The molecule has 4 heteroatoms. The zero-order chi connectivity index (χ0) is 10.7. The van der Waals surface area contributed by atoms with E-state index in [-0.39, 0.29) is 6.10 Å². The van der Waals surface area contributed by atoms with Crippen LogP contribution >= 0.6 is 11.3 Å². The van der Waals surface area contributed by atoms with Gasteiger partial charge < -0.3 is 9.84 Å². The van der Waals surface area contributed by atoms with Gasteiger partial charge >= 0.3 is 0 Å². The summed E-state index contributed by atoms with van der Waals surface area (Å²) in [5, 5.41) is 10.9. The molecular formula is C11H17NO2S. The highest BCUT2D eigenvalue weighted by molar-refractivity contribution is 7.11. The van der Waals surface area contributed by atoms with Crippen molar-refractivity contribution in [2.24, 2.45) is 0 Å². The summed E-state index contributed by atoms with van der Waals surface area (Å²) in [5.41, 5.74) is 1.13. The highest BCUT2D eigenvalue weighted by Gasteiger charge is 2.22. The molecule has 15 heavy (non-hydrogen) atoms. The normalized spacial score (nSPS) is 20.3. The fourth-order valence-electron chi connectivity index (χ4n) is 1.92. The smallest absolute Gasteiger partial charge is 0.0933 e. The first-order valence-corrected chi connectivity index (χ1v) is 6.28. The molecule has 0 aromatic carbocycles. The van der Waals surface area contributed by atoms with Crippen LogP contribution in [0.25, 0.3) is 0 Å². The van der Waals surface area contributed by atoms with Crippen molar-refractivity contribution in [3.8, 4) is 0 Å². The molecule has 1 atom stereocenters. The molecule has 1 aromatic rings. The van der Waals surface area contributed by atoms with Crippen LogP contribution in [-0.2, 0) is 17.6 Å². The standard InChI is InChI=1S/C11H17NO2S/c1-14-7-3-6-10-12-8-4-2-5-9(13)11(8)15-10/h9,13H,2-7H2,1H3. The number of nitrogens with zero attached hydrogens (tertiary/aromatic N) is 1. The van der Waals surface area contributed by atoms with Crippen molar-refractivity contribution in [2.75, 3.05) is 13.7 Å². The summed E-state index contributed by atoms with van der Waals surface area (Å²) in [5.74, 6) is 0. The largest absolute Gasteiger partial charge is 0.388 e. The van der Waals surface area contributed by atoms with Gasteiger partial charge in [0.1, 0.15) is 0 Å². The first-order chi connectivity index (χ1) is 7.31. The lowest BCUT2D eigenvalue weighted by atomic mass is 10.0. The molecule has 84 valence electrons. The quantitative estimate of drug-likeness (QED) is 0.801. The minimum atomic E-state index is -0.262. The number of ether oxygens (including phenoxy) is 1. The first-order valence-electron chi connectivity index (χ1n) is 5.46. The van der Waals surface area contributed by atoms with Crippen LogP contribution in [0.15, 0.2) is 0 Å². The first kappa shape index (κ1) is 11.0. The molecule has 0 saturated carbocycles. The summed E-state index contributed by atoms with van der Waals surface area (Å²) < 4.78 is 5.01. The molecule has 0 aliphatic heterocycles. The van der Waals surface area contributed by atoms with Crippen LogP contribution in [0.2, 0.25) is 0 Å². The summed E-state index contributed by atoms with van der Waals surface area (Å²) in [6, 6.07) is 0. The second kappa shape index (κ2) is 5.05. The lowest BCUT2D eigenvalue weighted by Gasteiger charge is -2.14. The third-order valence-electron chi connectivity index (χ3n) is 2.70. The maximum absolute atomic E-state index is 9.79. The average molecular weight is 227 g/mol. The SMILES string of the molecule is COCCCc1nc2c(s1)C(O)CCC2. The molecule has 0 amide bonds. The molecule has 2 rings (SSSR count). The number of thiazole rings is 1. The Balaban J connectivity index is 2.01. The van der Waals surface area contributed by atoms with Crippen LogP contribution in [0.4, 0.5) is 0 Å². The second-order valence-electron chi connectivity index (χ2n) is 3.92. The highest BCUT2D eigenvalue weighted by atomic mass is 32.1. The van der Waals surface area contributed by atoms with E-state index in [0.717, 1.165) is 54.3 Å². The van der Waals surface area contributed by atoms with E-state index in [0.29, 0.717) is 0 Å². The molecule has 1 aromatic heterocycles. The van der Waals surface area contributed by atoms with Crippen molar-refractivity contribution in [3.63, 3.8) is 0 Å². The van der Waals surface area contributed by atoms with Crippen molar-refractivity contribution in [3.05, 3.63) is 15.6 Å². The molecule has 1 aliphatic carbocycles. The molecule has 3 nitrogen and oxygen atoms in total. The molecule has 0 spiro atoms. The van der Waals surface area contributed by atoms with Gasteiger partial charge in [-0.05, 0) is 25.7 Å². The summed E-state index contributed by atoms with van der Waals surface area (Å²) >= 11 is 1.68. The highest BCUT2D eigenvalue weighted by Crippen LogP contribution is 2.34. The van der Waals surface area contributed by atoms with Gasteiger partial charge in [0.25, 0.3) is 0 Å². The fourth-order valence-corrected chi connectivity index (χ4v) is 3.10. The van der Waals surface area contributed by atoms with Gasteiger partial charge in [-0.2, -0.15) is 0 Å². The maximum Gasteiger partial charge on any atom is 0.0933 e. The Morgan fingerprint density at radius 3 is 3.20 bits per heavy atom. The molecule has 0 radical (unpaired) electrons. The molecule has 1 heterocycles. The Morgan fingerprint density at radius 2 is 2.47 bits per heavy atom. The average Bonchev–Trinajstić information content (AvgIpc) is 2.63. The maximum atomic E-state index is 9.79. The fraction of sp³-hybridized carbons (Fsp3) is 0.727. The van der Waals surface area contributed by atoms with E-state index in [9.17, 15) is 5.11 Å². The Labute approximate surface area is 94.1 Å². The Morgan fingerprint density at radius 1 is 1.60 bits per heavy atom.